The lowest BCUT2D eigenvalue weighted by molar-refractivity contribution is -0.152. The van der Waals surface area contributed by atoms with E-state index in [9.17, 15) is 9.90 Å². The number of para-hydroxylation sites is 1. The second-order valence-electron chi connectivity index (χ2n) is 9.91. The quantitative estimate of drug-likeness (QED) is 0.710. The van der Waals surface area contributed by atoms with Gasteiger partial charge in [-0.1, -0.05) is 18.2 Å². The summed E-state index contributed by atoms with van der Waals surface area (Å²) in [5.74, 6) is 1.66. The van der Waals surface area contributed by atoms with Crippen molar-refractivity contribution in [2.45, 2.75) is 43.7 Å². The largest absolute Gasteiger partial charge is 0.390 e. The molecule has 1 amide bonds. The van der Waals surface area contributed by atoms with Gasteiger partial charge in [-0.25, -0.2) is 0 Å². The van der Waals surface area contributed by atoms with E-state index in [1.54, 1.807) is 0 Å². The van der Waals surface area contributed by atoms with Crippen LogP contribution in [0.3, 0.4) is 0 Å². The van der Waals surface area contributed by atoms with E-state index in [1.165, 1.54) is 23.7 Å². The van der Waals surface area contributed by atoms with Gasteiger partial charge in [-0.15, -0.1) is 0 Å². The van der Waals surface area contributed by atoms with Crippen LogP contribution in [0.5, 0.6) is 0 Å². The maximum absolute atomic E-state index is 13.5. The maximum Gasteiger partial charge on any atom is 0.253 e. The molecule has 1 N–H and O–H groups in total. The number of rotatable bonds is 2. The topological polar surface area (TPSA) is 45.5 Å². The lowest BCUT2D eigenvalue weighted by Crippen LogP contribution is -2.61. The summed E-state index contributed by atoms with van der Waals surface area (Å²) in [6.07, 6.45) is 5.05. The number of carbonyl (C=O) groups is 1. The molecule has 0 spiro atoms. The third-order valence-corrected chi connectivity index (χ3v) is 8.12. The van der Waals surface area contributed by atoms with Crippen molar-refractivity contribution < 1.29 is 9.90 Å². The molecule has 2 atom stereocenters. The smallest absolute Gasteiger partial charge is 0.253 e. The number of fused-ring (bicyclic) bond motifs is 3. The Kier molecular flexibility index (Phi) is 3.54. The van der Waals surface area contributed by atoms with Crippen LogP contribution in [0, 0.1) is 17.8 Å². The summed E-state index contributed by atoms with van der Waals surface area (Å²) in [5, 5.41) is 13.2. The summed E-state index contributed by atoms with van der Waals surface area (Å²) in [6, 6.07) is 14.8. The molecule has 0 aliphatic heterocycles. The molecule has 7 rings (SSSR count). The fourth-order valence-electron chi connectivity index (χ4n) is 7.23. The highest BCUT2D eigenvalue weighted by Gasteiger charge is 2.56. The van der Waals surface area contributed by atoms with Gasteiger partial charge in [0.15, 0.2) is 0 Å². The van der Waals surface area contributed by atoms with Crippen LogP contribution < -0.4 is 0 Å². The van der Waals surface area contributed by atoms with Crippen molar-refractivity contribution in [2.24, 2.45) is 24.8 Å². The minimum Gasteiger partial charge on any atom is -0.390 e. The Morgan fingerprint density at radius 3 is 2.45 bits per heavy atom. The van der Waals surface area contributed by atoms with Crippen molar-refractivity contribution in [2.75, 3.05) is 7.05 Å². The number of aromatic nitrogens is 1. The van der Waals surface area contributed by atoms with Gasteiger partial charge in [-0.05, 0) is 74.1 Å². The van der Waals surface area contributed by atoms with Crippen molar-refractivity contribution in [3.8, 4) is 0 Å². The maximum atomic E-state index is 13.5. The van der Waals surface area contributed by atoms with Gasteiger partial charge in [0.25, 0.3) is 5.91 Å². The van der Waals surface area contributed by atoms with Crippen molar-refractivity contribution in [3.05, 3.63) is 48.0 Å². The molecule has 4 heteroatoms. The number of hydrogen-bond acceptors (Lipinski definition) is 2. The molecule has 1 aromatic heterocycles. The van der Waals surface area contributed by atoms with Crippen molar-refractivity contribution >= 4 is 27.7 Å². The Morgan fingerprint density at radius 1 is 1.03 bits per heavy atom. The SMILES string of the molecule is CN(C(=O)c1ccc2c(c1)c1ccccc1n2C)C1C2CC3CC1CC(O)(C3)C2. The molecule has 4 aliphatic rings. The van der Waals surface area contributed by atoms with Crippen LogP contribution in [-0.4, -0.2) is 39.2 Å². The fraction of sp³-hybridized carbons (Fsp3) is 0.480. The zero-order chi connectivity index (χ0) is 19.9. The number of amides is 1. The first-order chi connectivity index (χ1) is 13.9. The Hall–Kier alpha value is -2.33. The number of nitrogens with zero attached hydrogens (tertiary/aromatic N) is 2. The minimum absolute atomic E-state index is 0.115. The van der Waals surface area contributed by atoms with Gasteiger partial charge in [0.1, 0.15) is 0 Å². The summed E-state index contributed by atoms with van der Waals surface area (Å²) in [5.41, 5.74) is 2.65. The molecule has 150 valence electrons. The summed E-state index contributed by atoms with van der Waals surface area (Å²) in [6.45, 7) is 0. The average molecular weight is 389 g/mol. The summed E-state index contributed by atoms with van der Waals surface area (Å²) in [4.78, 5) is 15.5. The van der Waals surface area contributed by atoms with Gasteiger partial charge >= 0.3 is 0 Å². The number of hydrogen-bond donors (Lipinski definition) is 1. The Morgan fingerprint density at radius 2 is 1.72 bits per heavy atom. The van der Waals surface area contributed by atoms with E-state index in [0.29, 0.717) is 17.8 Å². The predicted molar refractivity (Wildman–Crippen MR) is 115 cm³/mol. The molecule has 0 radical (unpaired) electrons. The molecular formula is C25H28N2O2. The molecule has 29 heavy (non-hydrogen) atoms. The third-order valence-electron chi connectivity index (χ3n) is 8.12. The molecule has 1 heterocycles. The molecule has 4 aliphatic carbocycles. The number of aliphatic hydroxyl groups is 1. The van der Waals surface area contributed by atoms with E-state index >= 15 is 0 Å². The monoisotopic (exact) mass is 388 g/mol. The van der Waals surface area contributed by atoms with Crippen LogP contribution in [0.4, 0.5) is 0 Å². The van der Waals surface area contributed by atoms with Crippen LogP contribution in [-0.2, 0) is 7.05 Å². The van der Waals surface area contributed by atoms with E-state index in [-0.39, 0.29) is 11.9 Å². The van der Waals surface area contributed by atoms with Crippen LogP contribution in [0.1, 0.15) is 42.5 Å². The van der Waals surface area contributed by atoms with Crippen LogP contribution in [0.2, 0.25) is 0 Å². The predicted octanol–water partition coefficient (Wildman–Crippen LogP) is 4.34. The van der Waals surface area contributed by atoms with Gasteiger partial charge in [0, 0.05) is 47.5 Å². The van der Waals surface area contributed by atoms with E-state index < -0.39 is 5.60 Å². The fourth-order valence-corrected chi connectivity index (χ4v) is 7.23. The number of carbonyl (C=O) groups excluding carboxylic acids is 1. The number of benzene rings is 2. The summed E-state index contributed by atoms with van der Waals surface area (Å²) >= 11 is 0. The third kappa shape index (κ3) is 2.45. The van der Waals surface area contributed by atoms with E-state index in [1.807, 2.05) is 18.0 Å². The highest BCUT2D eigenvalue weighted by molar-refractivity contribution is 6.10. The zero-order valence-electron chi connectivity index (χ0n) is 17.1. The normalized spacial score (nSPS) is 32.9. The molecule has 2 aromatic carbocycles. The molecule has 2 unspecified atom stereocenters. The molecular weight excluding hydrogens is 360 g/mol. The first-order valence-electron chi connectivity index (χ1n) is 10.9. The lowest BCUT2D eigenvalue weighted by atomic mass is 9.52. The van der Waals surface area contributed by atoms with E-state index in [0.717, 1.165) is 35.7 Å². The van der Waals surface area contributed by atoms with Gasteiger partial charge in [0.05, 0.1) is 5.60 Å². The van der Waals surface area contributed by atoms with E-state index in [2.05, 4.69) is 48.0 Å². The Balaban J connectivity index is 1.36. The van der Waals surface area contributed by atoms with Crippen molar-refractivity contribution in [1.82, 2.24) is 9.47 Å². The molecule has 4 nitrogen and oxygen atoms in total. The lowest BCUT2D eigenvalue weighted by Gasteiger charge is -2.59. The molecule has 3 aromatic rings. The molecule has 4 saturated carbocycles. The average Bonchev–Trinajstić information content (AvgIpc) is 2.98. The first-order valence-corrected chi connectivity index (χ1v) is 10.9. The first kappa shape index (κ1) is 17.5. The highest BCUT2D eigenvalue weighted by Crippen LogP contribution is 2.56. The van der Waals surface area contributed by atoms with Crippen LogP contribution in [0.15, 0.2) is 42.5 Å². The molecule has 4 fully saturated rings. The molecule has 0 saturated heterocycles. The van der Waals surface area contributed by atoms with E-state index in [4.69, 9.17) is 0 Å². The van der Waals surface area contributed by atoms with Crippen molar-refractivity contribution in [3.63, 3.8) is 0 Å². The van der Waals surface area contributed by atoms with Crippen LogP contribution >= 0.6 is 0 Å². The molecule has 4 bridgehead atoms. The zero-order valence-corrected chi connectivity index (χ0v) is 17.1. The van der Waals surface area contributed by atoms with Gasteiger partial charge in [0.2, 0.25) is 0 Å². The minimum atomic E-state index is -0.460. The Labute approximate surface area is 171 Å². The van der Waals surface area contributed by atoms with Gasteiger partial charge < -0.3 is 14.6 Å². The summed E-state index contributed by atoms with van der Waals surface area (Å²) < 4.78 is 2.20. The second-order valence-corrected chi connectivity index (χ2v) is 9.91. The Bertz CT molecular complexity index is 1130. The highest BCUT2D eigenvalue weighted by atomic mass is 16.3. The van der Waals surface area contributed by atoms with Crippen molar-refractivity contribution in [1.29, 1.82) is 0 Å². The second kappa shape index (κ2) is 5.85. The summed E-state index contributed by atoms with van der Waals surface area (Å²) in [7, 11) is 4.06. The standard InChI is InChI=1S/C25H28N2O2/c1-26-21-6-4-3-5-19(21)20-11-16(7-8-22(20)26)24(28)27(2)23-17-9-15-10-18(23)14-25(29,12-15)13-17/h3-8,11,15,17-18,23,29H,9-10,12-14H2,1-2H3. The number of aryl methyl sites for hydroxylation is 1. The van der Waals surface area contributed by atoms with Gasteiger partial charge in [-0.2, -0.15) is 0 Å². The van der Waals surface area contributed by atoms with Gasteiger partial charge in [-0.3, -0.25) is 4.79 Å². The van der Waals surface area contributed by atoms with Crippen LogP contribution in [0.25, 0.3) is 21.8 Å².